The van der Waals surface area contributed by atoms with Crippen molar-refractivity contribution in [3.8, 4) is 5.75 Å². The monoisotopic (exact) mass is 362 g/mol. The Kier molecular flexibility index (Phi) is 4.80. The van der Waals surface area contributed by atoms with Gasteiger partial charge in [-0.25, -0.2) is 4.39 Å². The van der Waals surface area contributed by atoms with Crippen molar-refractivity contribution in [1.29, 1.82) is 0 Å². The minimum atomic E-state index is -0.633. The molecule has 26 heavy (non-hydrogen) atoms. The first-order chi connectivity index (χ1) is 12.6. The molecule has 0 bridgehead atoms. The van der Waals surface area contributed by atoms with Gasteiger partial charge in [-0.1, -0.05) is 19.3 Å². The molecule has 0 spiro atoms. The van der Waals surface area contributed by atoms with Crippen LogP contribution in [0.15, 0.2) is 12.1 Å². The average molecular weight is 362 g/mol. The lowest BCUT2D eigenvalue weighted by atomic mass is 9.96. The molecule has 4 rings (SSSR count). The Balaban J connectivity index is 1.33. The third-order valence-corrected chi connectivity index (χ3v) is 5.30. The highest BCUT2D eigenvalue weighted by atomic mass is 19.1. The maximum absolute atomic E-state index is 14.3. The predicted molar refractivity (Wildman–Crippen MR) is 92.7 cm³/mol. The maximum Gasteiger partial charge on any atom is 0.262 e. The lowest BCUT2D eigenvalue weighted by Crippen LogP contribution is -2.52. The molecule has 7 heteroatoms. The van der Waals surface area contributed by atoms with Crippen LogP contribution in [0.2, 0.25) is 0 Å². The molecule has 1 saturated carbocycles. The number of amides is 2. The lowest BCUT2D eigenvalue weighted by Gasteiger charge is -2.40. The standard InChI is InChI=1S/C19H23FN2O4/c20-15-7-17-16(21-18(23)11-26-17)6-14(15)19(24)22-8-12(9-22)10-25-13-4-2-1-3-5-13/h6-7,12-13H,1-5,8-11H2,(H,21,23). The number of likely N-dealkylation sites (tertiary alicyclic amines) is 1. The summed E-state index contributed by atoms with van der Waals surface area (Å²) < 4.78 is 25.4. The van der Waals surface area contributed by atoms with Crippen LogP contribution in [0.3, 0.4) is 0 Å². The molecule has 1 aromatic rings. The molecule has 1 saturated heterocycles. The smallest absolute Gasteiger partial charge is 0.262 e. The molecule has 0 unspecified atom stereocenters. The third-order valence-electron chi connectivity index (χ3n) is 5.30. The number of nitrogens with zero attached hydrogens (tertiary/aromatic N) is 1. The van der Waals surface area contributed by atoms with E-state index in [-0.39, 0.29) is 29.7 Å². The number of hydrogen-bond donors (Lipinski definition) is 1. The van der Waals surface area contributed by atoms with Crippen molar-refractivity contribution >= 4 is 17.5 Å². The maximum atomic E-state index is 14.3. The minimum absolute atomic E-state index is 0.0406. The molecular weight excluding hydrogens is 339 g/mol. The Hall–Kier alpha value is -2.15. The number of rotatable bonds is 4. The van der Waals surface area contributed by atoms with E-state index in [1.54, 1.807) is 4.90 Å². The van der Waals surface area contributed by atoms with E-state index in [9.17, 15) is 14.0 Å². The summed E-state index contributed by atoms with van der Waals surface area (Å²) in [5, 5.41) is 2.60. The quantitative estimate of drug-likeness (QED) is 0.894. The second-order valence-corrected chi connectivity index (χ2v) is 7.33. The second kappa shape index (κ2) is 7.23. The summed E-state index contributed by atoms with van der Waals surface area (Å²) in [6, 6.07) is 2.52. The molecule has 0 radical (unpaired) electrons. The molecule has 6 nitrogen and oxygen atoms in total. The van der Waals surface area contributed by atoms with Gasteiger partial charge in [-0.2, -0.15) is 0 Å². The zero-order valence-electron chi connectivity index (χ0n) is 14.6. The molecule has 0 aromatic heterocycles. The van der Waals surface area contributed by atoms with Crippen LogP contribution in [0.1, 0.15) is 42.5 Å². The fourth-order valence-electron chi connectivity index (χ4n) is 3.78. The highest BCUT2D eigenvalue weighted by Gasteiger charge is 2.34. The van der Waals surface area contributed by atoms with Crippen LogP contribution in [0.4, 0.5) is 10.1 Å². The van der Waals surface area contributed by atoms with Crippen molar-refractivity contribution in [3.63, 3.8) is 0 Å². The van der Waals surface area contributed by atoms with E-state index in [4.69, 9.17) is 9.47 Å². The fourth-order valence-corrected chi connectivity index (χ4v) is 3.78. The fraction of sp³-hybridized carbons (Fsp3) is 0.579. The zero-order chi connectivity index (χ0) is 18.1. The van der Waals surface area contributed by atoms with Crippen LogP contribution in [0.5, 0.6) is 5.75 Å². The van der Waals surface area contributed by atoms with Crippen molar-refractivity contribution in [2.24, 2.45) is 5.92 Å². The van der Waals surface area contributed by atoms with Crippen molar-refractivity contribution in [2.75, 3.05) is 31.6 Å². The summed E-state index contributed by atoms with van der Waals surface area (Å²) in [5.74, 6) is -0.747. The SMILES string of the molecule is O=C1COc2cc(F)c(C(=O)N3CC(COC4CCCCC4)C3)cc2N1. The number of carbonyl (C=O) groups is 2. The normalized spacial score (nSPS) is 20.8. The van der Waals surface area contributed by atoms with Crippen molar-refractivity contribution < 1.29 is 23.5 Å². The topological polar surface area (TPSA) is 67.9 Å². The number of ether oxygens (including phenoxy) is 2. The Morgan fingerprint density at radius 1 is 1.27 bits per heavy atom. The van der Waals surface area contributed by atoms with Gasteiger partial charge in [0.25, 0.3) is 11.8 Å². The molecular formula is C19H23FN2O4. The number of hydrogen-bond acceptors (Lipinski definition) is 4. The Morgan fingerprint density at radius 3 is 2.81 bits per heavy atom. The molecule has 0 atom stereocenters. The number of fused-ring (bicyclic) bond motifs is 1. The van der Waals surface area contributed by atoms with Crippen LogP contribution in [-0.2, 0) is 9.53 Å². The molecule has 2 heterocycles. The first-order valence-electron chi connectivity index (χ1n) is 9.27. The van der Waals surface area contributed by atoms with Crippen molar-refractivity contribution in [3.05, 3.63) is 23.5 Å². The Labute approximate surface area is 151 Å². The molecule has 3 aliphatic rings. The summed E-state index contributed by atoms with van der Waals surface area (Å²) in [5.41, 5.74) is 0.296. The molecule has 1 aliphatic carbocycles. The molecule has 2 fully saturated rings. The van der Waals surface area contributed by atoms with Crippen LogP contribution in [0, 0.1) is 11.7 Å². The number of nitrogens with one attached hydrogen (secondary N) is 1. The third kappa shape index (κ3) is 3.53. The minimum Gasteiger partial charge on any atom is -0.481 e. The average Bonchev–Trinajstić information content (AvgIpc) is 2.61. The first-order valence-corrected chi connectivity index (χ1v) is 9.27. The van der Waals surface area contributed by atoms with E-state index in [1.165, 1.54) is 25.3 Å². The van der Waals surface area contributed by atoms with Gasteiger partial charge >= 0.3 is 0 Å². The van der Waals surface area contributed by atoms with Gasteiger partial charge in [0.2, 0.25) is 0 Å². The van der Waals surface area contributed by atoms with Gasteiger partial charge < -0.3 is 19.7 Å². The van der Waals surface area contributed by atoms with Crippen LogP contribution >= 0.6 is 0 Å². The lowest BCUT2D eigenvalue weighted by molar-refractivity contribution is -0.118. The van der Waals surface area contributed by atoms with Crippen LogP contribution in [0.25, 0.3) is 0 Å². The van der Waals surface area contributed by atoms with Gasteiger partial charge in [0.05, 0.1) is 24.0 Å². The van der Waals surface area contributed by atoms with Crippen LogP contribution < -0.4 is 10.1 Å². The van der Waals surface area contributed by atoms with E-state index in [1.807, 2.05) is 0 Å². The summed E-state index contributed by atoms with van der Waals surface area (Å²) in [4.78, 5) is 25.6. The van der Waals surface area contributed by atoms with E-state index in [0.717, 1.165) is 18.9 Å². The summed E-state index contributed by atoms with van der Waals surface area (Å²) in [6.07, 6.45) is 6.38. The second-order valence-electron chi connectivity index (χ2n) is 7.33. The number of halogens is 1. The van der Waals surface area contributed by atoms with E-state index < -0.39 is 5.82 Å². The van der Waals surface area contributed by atoms with Gasteiger partial charge in [0.1, 0.15) is 11.6 Å². The van der Waals surface area contributed by atoms with E-state index in [0.29, 0.717) is 37.4 Å². The molecule has 140 valence electrons. The molecule has 2 amide bonds. The van der Waals surface area contributed by atoms with E-state index in [2.05, 4.69) is 5.32 Å². The zero-order valence-corrected chi connectivity index (χ0v) is 14.6. The van der Waals surface area contributed by atoms with Crippen LogP contribution in [-0.4, -0.2) is 49.1 Å². The molecule has 2 aliphatic heterocycles. The number of carbonyl (C=O) groups excluding carboxylic acids is 2. The highest BCUT2D eigenvalue weighted by Crippen LogP contribution is 2.32. The number of benzene rings is 1. The first kappa shape index (κ1) is 17.3. The Morgan fingerprint density at radius 2 is 2.04 bits per heavy atom. The largest absolute Gasteiger partial charge is 0.481 e. The highest BCUT2D eigenvalue weighted by molar-refractivity contribution is 6.00. The van der Waals surface area contributed by atoms with Crippen molar-refractivity contribution in [1.82, 2.24) is 4.90 Å². The molecule has 1 aromatic carbocycles. The van der Waals surface area contributed by atoms with Crippen molar-refractivity contribution in [2.45, 2.75) is 38.2 Å². The van der Waals surface area contributed by atoms with E-state index >= 15 is 0 Å². The number of anilines is 1. The van der Waals surface area contributed by atoms with Gasteiger partial charge in [-0.05, 0) is 18.9 Å². The Bertz CT molecular complexity index is 712. The van der Waals surface area contributed by atoms with Gasteiger partial charge in [-0.15, -0.1) is 0 Å². The van der Waals surface area contributed by atoms with Gasteiger partial charge in [0, 0.05) is 25.1 Å². The summed E-state index contributed by atoms with van der Waals surface area (Å²) in [7, 11) is 0. The predicted octanol–water partition coefficient (Wildman–Crippen LogP) is 2.58. The van der Waals surface area contributed by atoms with Gasteiger partial charge in [0.15, 0.2) is 6.61 Å². The summed E-state index contributed by atoms with van der Waals surface area (Å²) in [6.45, 7) is 1.66. The summed E-state index contributed by atoms with van der Waals surface area (Å²) >= 11 is 0. The van der Waals surface area contributed by atoms with Gasteiger partial charge in [-0.3, -0.25) is 9.59 Å². The molecule has 1 N–H and O–H groups in total.